The summed E-state index contributed by atoms with van der Waals surface area (Å²) in [6.07, 6.45) is 12.6. The molecule has 1 heterocycles. The number of carbonyl (C=O) groups is 1. The van der Waals surface area contributed by atoms with Gasteiger partial charge in [-0.05, 0) is 103 Å². The molecule has 0 amide bonds. The van der Waals surface area contributed by atoms with E-state index in [1.165, 1.54) is 51.4 Å². The van der Waals surface area contributed by atoms with Gasteiger partial charge in [-0.3, -0.25) is 4.79 Å². The van der Waals surface area contributed by atoms with Crippen LogP contribution in [0.5, 0.6) is 0 Å². The molecule has 12 atom stereocenters. The first kappa shape index (κ1) is 21.2. The summed E-state index contributed by atoms with van der Waals surface area (Å²) in [5, 5.41) is 0. The SMILES string of the molecule is CC[C@@H](C(C)C)[C@H]1O[C@@H]1[C@@H](C)[C@H]1CC[C@H]2[C@@H]3CC(=O)[C@]45C[C@H]4CC[C@]5(C)[C@H]3CC[C@]12C. The molecule has 1 spiro atoms. The topological polar surface area (TPSA) is 29.6 Å². The first-order chi connectivity index (χ1) is 14.7. The molecule has 1 saturated heterocycles. The maximum atomic E-state index is 13.5. The fourth-order valence-corrected chi connectivity index (χ4v) is 11.1. The molecule has 0 aromatic heterocycles. The van der Waals surface area contributed by atoms with Gasteiger partial charge in [0.25, 0.3) is 0 Å². The summed E-state index contributed by atoms with van der Waals surface area (Å²) in [4.78, 5) is 13.5. The third-order valence-electron chi connectivity index (χ3n) is 12.8. The van der Waals surface area contributed by atoms with Crippen molar-refractivity contribution in [1.29, 1.82) is 0 Å². The lowest BCUT2D eigenvalue weighted by atomic mass is 9.45. The maximum Gasteiger partial charge on any atom is 0.140 e. The Hall–Kier alpha value is -0.370. The predicted molar refractivity (Wildman–Crippen MR) is 124 cm³/mol. The van der Waals surface area contributed by atoms with Crippen LogP contribution in [0, 0.1) is 63.6 Å². The number of Topliss-reactive ketones (excluding diaryl/α,β-unsaturated/α-hetero) is 1. The van der Waals surface area contributed by atoms with E-state index in [1.807, 2.05) is 0 Å². The Kier molecular flexibility index (Phi) is 4.51. The molecule has 6 aliphatic rings. The number of ketones is 1. The van der Waals surface area contributed by atoms with Crippen molar-refractivity contribution in [2.45, 2.75) is 112 Å². The van der Waals surface area contributed by atoms with E-state index in [2.05, 4.69) is 41.5 Å². The molecular weight excluding hydrogens is 380 g/mol. The van der Waals surface area contributed by atoms with E-state index in [1.54, 1.807) is 0 Å². The van der Waals surface area contributed by atoms with Gasteiger partial charge in [-0.25, -0.2) is 0 Å². The van der Waals surface area contributed by atoms with E-state index >= 15 is 0 Å². The van der Waals surface area contributed by atoms with E-state index in [0.717, 1.165) is 30.1 Å². The van der Waals surface area contributed by atoms with Crippen LogP contribution in [-0.4, -0.2) is 18.0 Å². The van der Waals surface area contributed by atoms with Crippen LogP contribution in [0.4, 0.5) is 0 Å². The lowest BCUT2D eigenvalue weighted by Gasteiger charge is -2.58. The summed E-state index contributed by atoms with van der Waals surface area (Å²) in [7, 11) is 0. The largest absolute Gasteiger partial charge is 0.369 e. The maximum absolute atomic E-state index is 13.5. The number of carbonyl (C=O) groups excluding carboxylic acids is 1. The van der Waals surface area contributed by atoms with E-state index in [-0.39, 0.29) is 5.41 Å². The zero-order chi connectivity index (χ0) is 21.9. The van der Waals surface area contributed by atoms with Gasteiger partial charge in [0.1, 0.15) is 5.78 Å². The van der Waals surface area contributed by atoms with Gasteiger partial charge in [0.2, 0.25) is 0 Å². The summed E-state index contributed by atoms with van der Waals surface area (Å²) in [5.74, 6) is 6.61. The van der Waals surface area contributed by atoms with Gasteiger partial charge in [-0.15, -0.1) is 0 Å². The lowest BCUT2D eigenvalue weighted by molar-refractivity contribution is -0.151. The fourth-order valence-electron chi connectivity index (χ4n) is 11.1. The van der Waals surface area contributed by atoms with Gasteiger partial charge in [-0.2, -0.15) is 0 Å². The summed E-state index contributed by atoms with van der Waals surface area (Å²) in [6.45, 7) is 14.8. The highest BCUT2D eigenvalue weighted by molar-refractivity contribution is 5.91. The molecule has 2 nitrogen and oxygen atoms in total. The van der Waals surface area contributed by atoms with Crippen LogP contribution in [0.15, 0.2) is 0 Å². The quantitative estimate of drug-likeness (QED) is 0.447. The highest BCUT2D eigenvalue weighted by atomic mass is 16.6. The number of epoxide rings is 1. The molecule has 0 aromatic carbocycles. The molecule has 0 N–H and O–H groups in total. The number of fused-ring (bicyclic) bond motifs is 4. The Bertz CT molecular complexity index is 773. The third-order valence-corrected chi connectivity index (χ3v) is 12.8. The number of hydrogen-bond acceptors (Lipinski definition) is 2. The molecule has 5 saturated carbocycles. The molecule has 0 unspecified atom stereocenters. The zero-order valence-corrected chi connectivity index (χ0v) is 21.0. The molecule has 0 bridgehead atoms. The minimum atomic E-state index is 0.133. The van der Waals surface area contributed by atoms with Crippen LogP contribution in [-0.2, 0) is 9.53 Å². The van der Waals surface area contributed by atoms with Crippen LogP contribution in [0.2, 0.25) is 0 Å². The molecular formula is C29H46O2. The van der Waals surface area contributed by atoms with Gasteiger partial charge in [0, 0.05) is 11.8 Å². The van der Waals surface area contributed by atoms with Gasteiger partial charge in [-0.1, -0.05) is 48.0 Å². The number of ether oxygens (including phenoxy) is 1. The molecule has 6 rings (SSSR count). The fraction of sp³-hybridized carbons (Fsp3) is 0.966. The normalized spacial score (nSPS) is 56.5. The molecule has 2 heteroatoms. The van der Waals surface area contributed by atoms with Crippen molar-refractivity contribution in [3.63, 3.8) is 0 Å². The van der Waals surface area contributed by atoms with Crippen molar-refractivity contribution >= 4 is 5.78 Å². The minimum Gasteiger partial charge on any atom is -0.369 e. The molecule has 0 aromatic rings. The molecule has 0 radical (unpaired) electrons. The standard InChI is InChI=1S/C29H46O2/c1-7-19(16(2)3)26-25(31-26)17(4)21-8-9-22-20-14-24(30)29-15-18(29)10-13-28(29,6)23(20)11-12-27(21,22)5/h16-23,25-26H,7-15H2,1-6H3/t17-,18+,19-,20-,21+,22-,23-,25+,26+,27+,28+,29-/m0/s1. The smallest absolute Gasteiger partial charge is 0.140 e. The molecule has 174 valence electrons. The Morgan fingerprint density at radius 2 is 1.77 bits per heavy atom. The van der Waals surface area contributed by atoms with E-state index < -0.39 is 0 Å². The van der Waals surface area contributed by atoms with Crippen LogP contribution < -0.4 is 0 Å². The zero-order valence-electron chi connectivity index (χ0n) is 21.0. The van der Waals surface area contributed by atoms with Crippen molar-refractivity contribution in [3.8, 4) is 0 Å². The highest BCUT2D eigenvalue weighted by Crippen LogP contribution is 2.80. The summed E-state index contributed by atoms with van der Waals surface area (Å²) >= 11 is 0. The van der Waals surface area contributed by atoms with Crippen molar-refractivity contribution in [2.24, 2.45) is 63.6 Å². The molecule has 31 heavy (non-hydrogen) atoms. The summed E-state index contributed by atoms with van der Waals surface area (Å²) in [6, 6.07) is 0. The Morgan fingerprint density at radius 3 is 2.45 bits per heavy atom. The Morgan fingerprint density at radius 1 is 1.00 bits per heavy atom. The first-order valence-corrected chi connectivity index (χ1v) is 13.9. The highest BCUT2D eigenvalue weighted by Gasteiger charge is 2.77. The van der Waals surface area contributed by atoms with Crippen LogP contribution >= 0.6 is 0 Å². The third kappa shape index (κ3) is 2.53. The molecule has 1 aliphatic heterocycles. The van der Waals surface area contributed by atoms with Crippen molar-refractivity contribution in [2.75, 3.05) is 0 Å². The number of rotatable bonds is 5. The average Bonchev–Trinajstić information content (AvgIpc) is 3.59. The summed E-state index contributed by atoms with van der Waals surface area (Å²) < 4.78 is 6.39. The van der Waals surface area contributed by atoms with Crippen molar-refractivity contribution in [3.05, 3.63) is 0 Å². The lowest BCUT2D eigenvalue weighted by Crippen LogP contribution is -2.55. The van der Waals surface area contributed by atoms with Gasteiger partial charge in [0.15, 0.2) is 0 Å². The Labute approximate surface area is 190 Å². The van der Waals surface area contributed by atoms with Crippen LogP contribution in [0.3, 0.4) is 0 Å². The van der Waals surface area contributed by atoms with E-state index in [4.69, 9.17) is 4.74 Å². The van der Waals surface area contributed by atoms with Crippen LogP contribution in [0.1, 0.15) is 99.3 Å². The first-order valence-electron chi connectivity index (χ1n) is 13.9. The van der Waals surface area contributed by atoms with E-state index in [0.29, 0.717) is 52.5 Å². The van der Waals surface area contributed by atoms with Gasteiger partial charge < -0.3 is 4.74 Å². The van der Waals surface area contributed by atoms with Crippen LogP contribution in [0.25, 0.3) is 0 Å². The van der Waals surface area contributed by atoms with Crippen molar-refractivity contribution < 1.29 is 9.53 Å². The van der Waals surface area contributed by atoms with Crippen molar-refractivity contribution in [1.82, 2.24) is 0 Å². The number of hydrogen-bond donors (Lipinski definition) is 0. The average molecular weight is 427 g/mol. The second-order valence-electron chi connectivity index (χ2n) is 13.8. The molecule has 5 aliphatic carbocycles. The van der Waals surface area contributed by atoms with Gasteiger partial charge in [0.05, 0.1) is 12.2 Å². The second kappa shape index (κ2) is 6.61. The predicted octanol–water partition coefficient (Wildman–Crippen LogP) is 6.91. The second-order valence-corrected chi connectivity index (χ2v) is 13.8. The molecule has 6 fully saturated rings. The minimum absolute atomic E-state index is 0.133. The monoisotopic (exact) mass is 426 g/mol. The summed E-state index contributed by atoms with van der Waals surface area (Å²) in [5.41, 5.74) is 0.895. The van der Waals surface area contributed by atoms with Gasteiger partial charge >= 0.3 is 0 Å². The Balaban J connectivity index is 1.22. The van der Waals surface area contributed by atoms with E-state index in [9.17, 15) is 4.79 Å².